The Morgan fingerprint density at radius 1 is 0.299 bits per heavy atom. The number of rotatable bonds is 17. The molecule has 12 aliphatic rings. The quantitative estimate of drug-likeness (QED) is 0.118. The van der Waals surface area contributed by atoms with Crippen molar-refractivity contribution in [3.8, 4) is 0 Å². The first kappa shape index (κ1) is 81.4. The van der Waals surface area contributed by atoms with Crippen LogP contribution in [0.25, 0.3) is 0 Å². The second kappa shape index (κ2) is 35.1. The minimum Gasteiger partial charge on any atom is -0.512 e. The minimum absolute atomic E-state index is 0.295. The molecule has 0 aromatic carbocycles. The van der Waals surface area contributed by atoms with Crippen molar-refractivity contribution in [2.75, 3.05) is 196 Å². The van der Waals surface area contributed by atoms with Gasteiger partial charge in [-0.15, -0.1) is 0 Å². The molecule has 0 amide bonds. The van der Waals surface area contributed by atoms with Gasteiger partial charge in [0.15, 0.2) is 0 Å². The van der Waals surface area contributed by atoms with Gasteiger partial charge in [-0.3, -0.25) is 58.5 Å². The number of carbonyl (C=O) groups is 3. The maximum Gasteiger partial charge on any atom is 0.143 e. The lowest BCUT2D eigenvalue weighted by Gasteiger charge is -2.55. The van der Waals surface area contributed by atoms with E-state index in [0.717, 1.165) is 78.5 Å². The normalized spacial score (nSPS) is 25.9. The number of carbonyl (C=O) groups excluding carboxylic acids is 3. The molecular formula is C79H146N12O6. The van der Waals surface area contributed by atoms with Crippen molar-refractivity contribution in [3.05, 3.63) is 37.0 Å². The smallest absolute Gasteiger partial charge is 0.143 e. The van der Waals surface area contributed by atoms with Crippen molar-refractivity contribution >= 4 is 17.3 Å². The number of ketones is 3. The molecule has 558 valence electrons. The Kier molecular flexibility index (Phi) is 29.5. The zero-order valence-corrected chi connectivity index (χ0v) is 65.1. The molecule has 12 aliphatic heterocycles. The van der Waals surface area contributed by atoms with Gasteiger partial charge >= 0.3 is 0 Å². The Morgan fingerprint density at radius 3 is 0.907 bits per heavy atom. The predicted octanol–water partition coefficient (Wildman–Crippen LogP) is 10.1. The first-order valence-electron chi connectivity index (χ1n) is 38.7. The van der Waals surface area contributed by atoms with Crippen LogP contribution in [-0.4, -0.2) is 324 Å². The van der Waals surface area contributed by atoms with Crippen LogP contribution in [0.15, 0.2) is 37.0 Å². The van der Waals surface area contributed by atoms with E-state index in [1.54, 1.807) is 20.8 Å². The van der Waals surface area contributed by atoms with E-state index in [0.29, 0.717) is 142 Å². The van der Waals surface area contributed by atoms with E-state index in [1.165, 1.54) is 156 Å². The predicted molar refractivity (Wildman–Crippen MR) is 401 cm³/mol. The van der Waals surface area contributed by atoms with Crippen molar-refractivity contribution in [1.29, 1.82) is 0 Å². The molecule has 0 bridgehead atoms. The average molecular weight is 1360 g/mol. The maximum atomic E-state index is 11.2. The number of hydrogen-bond donors (Lipinski definition) is 3. The summed E-state index contributed by atoms with van der Waals surface area (Å²) < 4.78 is 0. The van der Waals surface area contributed by atoms with Crippen molar-refractivity contribution in [2.24, 2.45) is 32.5 Å². The molecule has 12 rings (SSSR count). The molecule has 3 N–H and O–H groups in total. The van der Waals surface area contributed by atoms with Crippen molar-refractivity contribution in [1.82, 2.24) is 58.8 Å². The second-order valence-electron chi connectivity index (χ2n) is 36.5. The van der Waals surface area contributed by atoms with E-state index < -0.39 is 0 Å². The van der Waals surface area contributed by atoms with Gasteiger partial charge in [0.1, 0.15) is 17.3 Å². The molecule has 0 saturated carbocycles. The lowest BCUT2D eigenvalue weighted by Crippen LogP contribution is -2.62. The summed E-state index contributed by atoms with van der Waals surface area (Å²) in [6.45, 7) is 77.9. The highest BCUT2D eigenvalue weighted by molar-refractivity contribution is 5.78. The summed E-state index contributed by atoms with van der Waals surface area (Å²) in [5.41, 5.74) is 3.59. The van der Waals surface area contributed by atoms with E-state index in [9.17, 15) is 19.5 Å². The molecular weight excluding hydrogens is 1210 g/mol. The number of nitrogens with zero attached hydrogens (tertiary/aromatic N) is 12. The monoisotopic (exact) mass is 1360 g/mol. The number of hydrogen-bond acceptors (Lipinski definition) is 18. The van der Waals surface area contributed by atoms with Gasteiger partial charge in [0, 0.05) is 125 Å². The van der Waals surface area contributed by atoms with E-state index >= 15 is 0 Å². The fourth-order valence-electron chi connectivity index (χ4n) is 18.8. The van der Waals surface area contributed by atoms with Crippen LogP contribution in [0.4, 0.5) is 0 Å². The fraction of sp³-hybridized carbons (Fsp3) is 0.886. The Labute approximate surface area is 592 Å². The zero-order chi connectivity index (χ0) is 71.5. The number of piperidine rings is 4. The molecule has 97 heavy (non-hydrogen) atoms. The molecule has 12 saturated heterocycles. The summed E-state index contributed by atoms with van der Waals surface area (Å²) in [5, 5.41) is 27.4. The van der Waals surface area contributed by atoms with Crippen LogP contribution in [-0.2, 0) is 14.4 Å². The third-order valence-corrected chi connectivity index (χ3v) is 25.0. The molecule has 18 nitrogen and oxygen atoms in total. The molecule has 0 unspecified atom stereocenters. The van der Waals surface area contributed by atoms with Crippen LogP contribution in [0.3, 0.4) is 0 Å². The van der Waals surface area contributed by atoms with E-state index in [2.05, 4.69) is 169 Å². The summed E-state index contributed by atoms with van der Waals surface area (Å²) in [6, 6.07) is 3.42. The zero-order valence-electron chi connectivity index (χ0n) is 65.1. The highest BCUT2D eigenvalue weighted by Gasteiger charge is 2.51. The number of aliphatic hydroxyl groups is 3. The number of aliphatic hydroxyl groups excluding tert-OH is 3. The Bertz CT molecular complexity index is 2510. The van der Waals surface area contributed by atoms with E-state index in [1.807, 2.05) is 0 Å². The number of likely N-dealkylation sites (tertiary alicyclic amines) is 12. The summed E-state index contributed by atoms with van der Waals surface area (Å²) in [4.78, 5) is 62.7. The van der Waals surface area contributed by atoms with E-state index in [4.69, 9.17) is 10.2 Å². The Balaban J connectivity index is 0.000000164. The molecule has 12 fully saturated rings. The van der Waals surface area contributed by atoms with Crippen molar-refractivity contribution < 1.29 is 29.7 Å². The maximum absolute atomic E-state index is 11.2. The number of Topliss-reactive ketones (excluding diaryl/α,β-unsaturated/α-hetero) is 3. The van der Waals surface area contributed by atoms with Gasteiger partial charge in [0.05, 0.1) is 56.5 Å². The van der Waals surface area contributed by atoms with Crippen LogP contribution in [0, 0.1) is 32.5 Å². The molecule has 0 atom stereocenters. The highest BCUT2D eigenvalue weighted by atomic mass is 16.3. The average Bonchev–Trinajstić information content (AvgIpc) is 1.64. The molecule has 0 aromatic heterocycles. The van der Waals surface area contributed by atoms with Crippen molar-refractivity contribution in [2.45, 2.75) is 224 Å². The van der Waals surface area contributed by atoms with Crippen LogP contribution in [0.5, 0.6) is 0 Å². The molecule has 0 radical (unpaired) electrons. The minimum atomic E-state index is 0.295. The van der Waals surface area contributed by atoms with Crippen LogP contribution >= 0.6 is 0 Å². The first-order chi connectivity index (χ1) is 45.3. The van der Waals surface area contributed by atoms with Gasteiger partial charge in [-0.05, 0) is 288 Å². The van der Waals surface area contributed by atoms with Crippen LogP contribution in [0.1, 0.15) is 188 Å². The molecule has 18 heteroatoms. The van der Waals surface area contributed by atoms with Crippen LogP contribution < -0.4 is 0 Å². The summed E-state index contributed by atoms with van der Waals surface area (Å²) in [6.07, 6.45) is 15.6. The van der Waals surface area contributed by atoms with Gasteiger partial charge in [0.2, 0.25) is 0 Å². The fourth-order valence-corrected chi connectivity index (χ4v) is 18.8. The largest absolute Gasteiger partial charge is 0.512 e. The standard InChI is InChI=1S/C15H28N2O.C14H26N2O.2C13H24N2O.2C12H22N2O/c1-13(18)11-16-8-5-15(12-16)6-9-17(10-7-15)14(2,3)4;1-12(2)16-9-6-14(11-16)4-7-15(8-5-14)10-13(3)17;1-11(2)15-6-4-13(5-7-15)9-14(10-13)8-12(3)16;1-11(2)15-9-13(10-15)4-6-14(7-5-13)8-12(3)16;1-10(2)14-5-4-12(9-14)7-13(8-12)6-11(3)15;1-10(2)14-8-12(9-14)4-5-13(7-12)6-11(3)15/h5-12H2,1-4H3;12H,4-11H2,1-3H3;2*11,16H,3-10H2,1-2H3;10,15H,3-9H2,1-2H3;10H,4-9H2,1-3H3. The van der Waals surface area contributed by atoms with Gasteiger partial charge in [-0.25, -0.2) is 0 Å². The molecule has 0 aliphatic carbocycles. The molecule has 6 spiro atoms. The van der Waals surface area contributed by atoms with Gasteiger partial charge in [0.25, 0.3) is 0 Å². The SMILES string of the molecule is C=C(O)CN1CC2(CCN(C(C)C)C2)C1.C=C(O)CN1CC2(CCN(C(C)C)CC2)C1.C=C(O)CN1CCC2(CC1)CN(C(C)C)C2.CC(=O)CN1CCC2(C1)CN(C(C)C)C2.CC(=O)CN1CCC2(CC1)CCN(C(C)C)C2.CC(=O)CN1CCC2(CCN(C(C)(C)C)CC2)C1. The highest BCUT2D eigenvalue weighted by Crippen LogP contribution is 2.46. The molecule has 0 aromatic rings. The van der Waals surface area contributed by atoms with E-state index in [-0.39, 0.29) is 0 Å². The second-order valence-corrected chi connectivity index (χ2v) is 36.5. The van der Waals surface area contributed by atoms with Gasteiger partial charge in [-0.1, -0.05) is 19.7 Å². The Hall–Kier alpha value is -2.85. The summed E-state index contributed by atoms with van der Waals surface area (Å²) in [7, 11) is 0. The van der Waals surface area contributed by atoms with Gasteiger partial charge in [-0.2, -0.15) is 0 Å². The van der Waals surface area contributed by atoms with Gasteiger partial charge < -0.3 is 30.0 Å². The summed E-state index contributed by atoms with van der Waals surface area (Å²) in [5.74, 6) is 1.80. The lowest BCUT2D eigenvalue weighted by atomic mass is 9.71. The van der Waals surface area contributed by atoms with Crippen molar-refractivity contribution in [3.63, 3.8) is 0 Å². The topological polar surface area (TPSA) is 151 Å². The molecule has 12 heterocycles. The third-order valence-electron chi connectivity index (χ3n) is 25.0. The third kappa shape index (κ3) is 24.1. The lowest BCUT2D eigenvalue weighted by molar-refractivity contribution is -0.119. The first-order valence-corrected chi connectivity index (χ1v) is 38.7. The Morgan fingerprint density at radius 2 is 0.526 bits per heavy atom. The summed E-state index contributed by atoms with van der Waals surface area (Å²) >= 11 is 0. The van der Waals surface area contributed by atoms with Crippen LogP contribution in [0.2, 0.25) is 0 Å².